The average molecular weight is 531 g/mol. The highest BCUT2D eigenvalue weighted by molar-refractivity contribution is 5.89. The van der Waals surface area contributed by atoms with E-state index in [4.69, 9.17) is 9.47 Å². The molecule has 8 heteroatoms. The van der Waals surface area contributed by atoms with Gasteiger partial charge in [-0.05, 0) is 87.7 Å². The normalized spacial score (nSPS) is 46.7. The Morgan fingerprint density at radius 2 is 1.66 bits per heavy atom. The summed E-state index contributed by atoms with van der Waals surface area (Å²) in [5.41, 5.74) is -6.67. The summed E-state index contributed by atoms with van der Waals surface area (Å²) >= 11 is 0. The molecule has 4 aliphatic carbocycles. The quantitative estimate of drug-likeness (QED) is 0.437. The first kappa shape index (κ1) is 27.6. The van der Waals surface area contributed by atoms with Crippen molar-refractivity contribution >= 4 is 11.9 Å². The van der Waals surface area contributed by atoms with Gasteiger partial charge in [-0.1, -0.05) is 32.0 Å². The van der Waals surface area contributed by atoms with E-state index in [0.29, 0.717) is 37.7 Å². The molecule has 1 aromatic rings. The number of hydrogen-bond acceptors (Lipinski definition) is 8. The number of carbonyl (C=O) groups is 2. The Balaban J connectivity index is 1.62. The number of aliphatic hydroxyl groups excluding tert-OH is 1. The van der Waals surface area contributed by atoms with E-state index < -0.39 is 52.3 Å². The van der Waals surface area contributed by atoms with Gasteiger partial charge in [0.05, 0.1) is 22.7 Å². The molecule has 1 aromatic carbocycles. The summed E-state index contributed by atoms with van der Waals surface area (Å²) in [6.45, 7) is 6.66. The Morgan fingerprint density at radius 1 is 0.974 bits per heavy atom. The highest BCUT2D eigenvalue weighted by Gasteiger charge is 2.82. The summed E-state index contributed by atoms with van der Waals surface area (Å²) in [7, 11) is 0. The van der Waals surface area contributed by atoms with Crippen LogP contribution in [-0.2, 0) is 14.3 Å². The lowest BCUT2D eigenvalue weighted by Crippen LogP contribution is -2.79. The van der Waals surface area contributed by atoms with Gasteiger partial charge >= 0.3 is 11.9 Å². The Labute approximate surface area is 224 Å². The van der Waals surface area contributed by atoms with Crippen LogP contribution < -0.4 is 0 Å². The van der Waals surface area contributed by atoms with E-state index >= 15 is 0 Å². The minimum atomic E-state index is -1.81. The molecular weight excluding hydrogens is 488 g/mol. The zero-order valence-electron chi connectivity index (χ0n) is 22.9. The van der Waals surface area contributed by atoms with Gasteiger partial charge in [-0.2, -0.15) is 0 Å². The van der Waals surface area contributed by atoms with Gasteiger partial charge in [0.15, 0.2) is 0 Å². The minimum Gasteiger partial charge on any atom is -0.460 e. The number of benzene rings is 1. The minimum absolute atomic E-state index is 0.0708. The molecule has 0 aromatic heterocycles. The zero-order chi connectivity index (χ0) is 27.7. The third kappa shape index (κ3) is 3.56. The van der Waals surface area contributed by atoms with E-state index in [9.17, 15) is 30.0 Å². The van der Waals surface area contributed by atoms with E-state index in [-0.39, 0.29) is 36.7 Å². The fourth-order valence-electron chi connectivity index (χ4n) is 9.20. The van der Waals surface area contributed by atoms with Crippen molar-refractivity contribution in [3.8, 4) is 0 Å². The molecule has 0 unspecified atom stereocenters. The first-order valence-electron chi connectivity index (χ1n) is 14.0. The van der Waals surface area contributed by atoms with E-state index in [1.807, 2.05) is 0 Å². The highest BCUT2D eigenvalue weighted by Crippen LogP contribution is 2.72. The lowest BCUT2D eigenvalue weighted by molar-refractivity contribution is -0.340. The smallest absolute Gasteiger partial charge is 0.338 e. The van der Waals surface area contributed by atoms with Crippen LogP contribution in [0.4, 0.5) is 0 Å². The standard InChI is InChI=1S/C30H42O8/c1-18(37-19(2)31)28(34)14-15-30(36)27(28,4)24(38-25(33)20-8-6-5-7-9-20)17-23-26(3)12-11-22(32)16-21(26)10-13-29(23,30)35/h5-9,18,21-24,32,34-36H,10-17H2,1-4H3/t18-,21-,22-,23+,24+,26-,27+,28+,29-,30+/m0/s1. The molecule has 0 heterocycles. The molecule has 38 heavy (non-hydrogen) atoms. The molecule has 0 radical (unpaired) electrons. The third-order valence-electron chi connectivity index (χ3n) is 11.5. The van der Waals surface area contributed by atoms with Crippen molar-refractivity contribution in [1.82, 2.24) is 0 Å². The topological polar surface area (TPSA) is 134 Å². The number of aliphatic hydroxyl groups is 4. The maximum Gasteiger partial charge on any atom is 0.338 e. The number of carbonyl (C=O) groups excluding carboxylic acids is 2. The molecule has 10 atom stereocenters. The Kier molecular flexibility index (Phi) is 6.54. The second kappa shape index (κ2) is 9.01. The molecule has 4 aliphatic rings. The fourth-order valence-corrected chi connectivity index (χ4v) is 9.20. The van der Waals surface area contributed by atoms with Crippen LogP contribution in [0.1, 0.15) is 89.4 Å². The van der Waals surface area contributed by atoms with E-state index in [1.54, 1.807) is 44.2 Å². The van der Waals surface area contributed by atoms with Gasteiger partial charge in [0.25, 0.3) is 0 Å². The van der Waals surface area contributed by atoms with Crippen molar-refractivity contribution < 1.29 is 39.5 Å². The second-order valence-electron chi connectivity index (χ2n) is 12.9. The molecule has 0 aliphatic heterocycles. The first-order chi connectivity index (χ1) is 17.7. The van der Waals surface area contributed by atoms with Crippen LogP contribution >= 0.6 is 0 Å². The van der Waals surface area contributed by atoms with Crippen molar-refractivity contribution in [2.24, 2.45) is 22.7 Å². The predicted molar refractivity (Wildman–Crippen MR) is 138 cm³/mol. The predicted octanol–water partition coefficient (Wildman–Crippen LogP) is 3.14. The molecule has 4 N–H and O–H groups in total. The maximum atomic E-state index is 13.4. The molecule has 4 saturated carbocycles. The Morgan fingerprint density at radius 3 is 2.32 bits per heavy atom. The number of hydrogen-bond donors (Lipinski definition) is 4. The van der Waals surface area contributed by atoms with Gasteiger partial charge < -0.3 is 29.9 Å². The van der Waals surface area contributed by atoms with Crippen molar-refractivity contribution in [1.29, 1.82) is 0 Å². The molecule has 4 fully saturated rings. The fraction of sp³-hybridized carbons (Fsp3) is 0.733. The van der Waals surface area contributed by atoms with Gasteiger partial charge in [0, 0.05) is 6.92 Å². The molecule has 0 bridgehead atoms. The number of esters is 2. The van der Waals surface area contributed by atoms with Crippen LogP contribution in [-0.4, -0.2) is 67.5 Å². The Bertz CT molecular complexity index is 1090. The Hall–Kier alpha value is -2.00. The molecule has 210 valence electrons. The molecule has 0 saturated heterocycles. The van der Waals surface area contributed by atoms with Crippen LogP contribution in [0, 0.1) is 22.7 Å². The van der Waals surface area contributed by atoms with Gasteiger partial charge in [-0.15, -0.1) is 0 Å². The van der Waals surface area contributed by atoms with Gasteiger partial charge in [-0.3, -0.25) is 4.79 Å². The number of rotatable bonds is 4. The second-order valence-corrected chi connectivity index (χ2v) is 12.9. The van der Waals surface area contributed by atoms with E-state index in [0.717, 1.165) is 0 Å². The first-order valence-corrected chi connectivity index (χ1v) is 14.0. The van der Waals surface area contributed by atoms with Crippen molar-refractivity contribution in [3.05, 3.63) is 35.9 Å². The lowest BCUT2D eigenvalue weighted by Gasteiger charge is -2.69. The maximum absolute atomic E-state index is 13.4. The van der Waals surface area contributed by atoms with E-state index in [1.165, 1.54) is 6.92 Å². The lowest BCUT2D eigenvalue weighted by atomic mass is 9.40. The molecule has 5 rings (SSSR count). The average Bonchev–Trinajstić information content (AvgIpc) is 3.10. The summed E-state index contributed by atoms with van der Waals surface area (Å²) in [6, 6.07) is 8.58. The molecular formula is C30H42O8. The summed E-state index contributed by atoms with van der Waals surface area (Å²) in [5, 5.41) is 47.9. The largest absolute Gasteiger partial charge is 0.460 e. The van der Waals surface area contributed by atoms with Gasteiger partial charge in [0.2, 0.25) is 0 Å². The van der Waals surface area contributed by atoms with Gasteiger partial charge in [0.1, 0.15) is 23.4 Å². The van der Waals surface area contributed by atoms with Crippen LogP contribution in [0.15, 0.2) is 30.3 Å². The van der Waals surface area contributed by atoms with Crippen LogP contribution in [0.3, 0.4) is 0 Å². The monoisotopic (exact) mass is 530 g/mol. The van der Waals surface area contributed by atoms with E-state index in [2.05, 4.69) is 6.92 Å². The number of ether oxygens (including phenoxy) is 2. The summed E-state index contributed by atoms with van der Waals surface area (Å²) in [4.78, 5) is 25.3. The highest BCUT2D eigenvalue weighted by atomic mass is 16.6. The van der Waals surface area contributed by atoms with Crippen LogP contribution in [0.2, 0.25) is 0 Å². The van der Waals surface area contributed by atoms with Crippen molar-refractivity contribution in [2.75, 3.05) is 0 Å². The molecule has 8 nitrogen and oxygen atoms in total. The SMILES string of the molecule is CC(=O)O[C@@H](C)[C@]1(O)CC[C@@]2(O)[C@]1(C)[C@H](OC(=O)c1ccccc1)C[C@@H]1[C@@]3(C)CC[C@H](O)C[C@@H]3CC[C@]12O. The number of fused-ring (bicyclic) bond motifs is 5. The van der Waals surface area contributed by atoms with Crippen molar-refractivity contribution in [3.63, 3.8) is 0 Å². The molecule has 0 spiro atoms. The molecule has 0 amide bonds. The summed E-state index contributed by atoms with van der Waals surface area (Å²) < 4.78 is 11.7. The third-order valence-corrected chi connectivity index (χ3v) is 11.5. The van der Waals surface area contributed by atoms with Gasteiger partial charge in [-0.25, -0.2) is 4.79 Å². The zero-order valence-corrected chi connectivity index (χ0v) is 22.9. The van der Waals surface area contributed by atoms with Crippen LogP contribution in [0.25, 0.3) is 0 Å². The van der Waals surface area contributed by atoms with Crippen LogP contribution in [0.5, 0.6) is 0 Å². The summed E-state index contributed by atoms with van der Waals surface area (Å²) in [6.07, 6.45) is 0.926. The van der Waals surface area contributed by atoms with Crippen molar-refractivity contribution in [2.45, 2.75) is 114 Å². The summed E-state index contributed by atoms with van der Waals surface area (Å²) in [5.74, 6) is -1.39.